The SMILES string of the molecule is CC(=Nc1ccccc1C)C1=CCC(C(C)=Nc2ccccc2C(C)(C)C)=N1. The molecule has 0 N–H and O–H groups in total. The Balaban J connectivity index is 1.85. The summed E-state index contributed by atoms with van der Waals surface area (Å²) in [5, 5.41) is 0. The maximum atomic E-state index is 4.91. The second kappa shape index (κ2) is 8.05. The lowest BCUT2D eigenvalue weighted by molar-refractivity contribution is 0.591. The lowest BCUT2D eigenvalue weighted by atomic mass is 9.86. The van der Waals surface area contributed by atoms with Gasteiger partial charge < -0.3 is 0 Å². The molecule has 3 nitrogen and oxygen atoms in total. The second-order valence-electron chi connectivity index (χ2n) is 8.30. The Kier molecular flexibility index (Phi) is 5.73. The molecule has 0 spiro atoms. The van der Waals surface area contributed by atoms with Crippen molar-refractivity contribution in [2.24, 2.45) is 15.0 Å². The van der Waals surface area contributed by atoms with Gasteiger partial charge in [-0.05, 0) is 49.4 Å². The van der Waals surface area contributed by atoms with Crippen molar-refractivity contribution in [2.45, 2.75) is 53.4 Å². The first-order chi connectivity index (χ1) is 13.3. The molecule has 0 saturated heterocycles. The molecule has 2 aromatic rings. The highest BCUT2D eigenvalue weighted by Gasteiger charge is 2.18. The minimum atomic E-state index is 0.0536. The van der Waals surface area contributed by atoms with Gasteiger partial charge in [0.15, 0.2) is 0 Å². The van der Waals surface area contributed by atoms with Gasteiger partial charge in [-0.3, -0.25) is 9.98 Å². The van der Waals surface area contributed by atoms with Crippen molar-refractivity contribution >= 4 is 28.5 Å². The number of aryl methyl sites for hydroxylation is 1. The van der Waals surface area contributed by atoms with Crippen LogP contribution in [0.5, 0.6) is 0 Å². The number of benzene rings is 2. The first-order valence-electron chi connectivity index (χ1n) is 9.80. The molecule has 0 unspecified atom stereocenters. The zero-order valence-electron chi connectivity index (χ0n) is 17.7. The lowest BCUT2D eigenvalue weighted by Gasteiger charge is -2.21. The molecule has 0 amide bonds. The minimum absolute atomic E-state index is 0.0536. The van der Waals surface area contributed by atoms with Crippen LogP contribution in [0.25, 0.3) is 0 Å². The average molecular weight is 372 g/mol. The Morgan fingerprint density at radius 1 is 0.857 bits per heavy atom. The Labute approximate surface area is 168 Å². The Morgan fingerprint density at radius 3 is 2.14 bits per heavy atom. The van der Waals surface area contributed by atoms with E-state index in [9.17, 15) is 0 Å². The van der Waals surface area contributed by atoms with Crippen molar-refractivity contribution < 1.29 is 0 Å². The summed E-state index contributed by atoms with van der Waals surface area (Å²) in [4.78, 5) is 14.5. The summed E-state index contributed by atoms with van der Waals surface area (Å²) < 4.78 is 0. The molecule has 1 aliphatic rings. The summed E-state index contributed by atoms with van der Waals surface area (Å²) in [7, 11) is 0. The fourth-order valence-electron chi connectivity index (χ4n) is 3.26. The van der Waals surface area contributed by atoms with E-state index in [0.717, 1.165) is 40.6 Å². The summed E-state index contributed by atoms with van der Waals surface area (Å²) >= 11 is 0. The van der Waals surface area contributed by atoms with Crippen molar-refractivity contribution in [1.29, 1.82) is 0 Å². The minimum Gasteiger partial charge on any atom is -0.252 e. The average Bonchev–Trinajstić information content (AvgIpc) is 3.14. The summed E-state index contributed by atoms with van der Waals surface area (Å²) in [6, 6.07) is 16.5. The van der Waals surface area contributed by atoms with E-state index in [2.05, 4.69) is 58.0 Å². The molecule has 3 rings (SSSR count). The lowest BCUT2D eigenvalue weighted by Crippen LogP contribution is -2.12. The highest BCUT2D eigenvalue weighted by atomic mass is 14.9. The van der Waals surface area contributed by atoms with Crippen LogP contribution < -0.4 is 0 Å². The van der Waals surface area contributed by atoms with E-state index in [1.54, 1.807) is 0 Å². The van der Waals surface area contributed by atoms with E-state index < -0.39 is 0 Å². The van der Waals surface area contributed by atoms with Crippen LogP contribution in [0.2, 0.25) is 0 Å². The summed E-state index contributed by atoms with van der Waals surface area (Å²) in [6.07, 6.45) is 2.93. The zero-order chi connectivity index (χ0) is 20.3. The van der Waals surface area contributed by atoms with Gasteiger partial charge in [-0.2, -0.15) is 0 Å². The summed E-state index contributed by atoms with van der Waals surface area (Å²) in [5.74, 6) is 0. The Hall–Kier alpha value is -2.81. The van der Waals surface area contributed by atoms with Gasteiger partial charge in [0.2, 0.25) is 0 Å². The largest absolute Gasteiger partial charge is 0.252 e. The van der Waals surface area contributed by atoms with E-state index in [4.69, 9.17) is 15.0 Å². The van der Waals surface area contributed by atoms with Crippen LogP contribution >= 0.6 is 0 Å². The van der Waals surface area contributed by atoms with Crippen LogP contribution in [0.1, 0.15) is 52.2 Å². The molecule has 144 valence electrons. The molecule has 0 fully saturated rings. The van der Waals surface area contributed by atoms with E-state index in [1.807, 2.05) is 38.1 Å². The quantitative estimate of drug-likeness (QED) is 0.524. The molecule has 0 aliphatic carbocycles. The van der Waals surface area contributed by atoms with Crippen LogP contribution in [-0.2, 0) is 5.41 Å². The van der Waals surface area contributed by atoms with Gasteiger partial charge in [-0.25, -0.2) is 4.99 Å². The van der Waals surface area contributed by atoms with Crippen molar-refractivity contribution in [3.63, 3.8) is 0 Å². The third kappa shape index (κ3) is 4.53. The van der Waals surface area contributed by atoms with Crippen molar-refractivity contribution in [3.8, 4) is 0 Å². The predicted octanol–water partition coefficient (Wildman–Crippen LogP) is 6.91. The zero-order valence-corrected chi connectivity index (χ0v) is 17.7. The highest BCUT2D eigenvalue weighted by molar-refractivity contribution is 6.43. The third-order valence-electron chi connectivity index (χ3n) is 4.94. The number of aliphatic imine (C=N–C) groups is 3. The molecular weight excluding hydrogens is 342 g/mol. The third-order valence-corrected chi connectivity index (χ3v) is 4.94. The summed E-state index contributed by atoms with van der Waals surface area (Å²) in [6.45, 7) is 12.8. The molecule has 1 heterocycles. The van der Waals surface area contributed by atoms with Gasteiger partial charge >= 0.3 is 0 Å². The van der Waals surface area contributed by atoms with Crippen molar-refractivity contribution in [3.05, 3.63) is 71.4 Å². The first kappa shape index (κ1) is 19.9. The maximum absolute atomic E-state index is 4.91. The van der Waals surface area contributed by atoms with Gasteiger partial charge in [-0.1, -0.05) is 63.2 Å². The van der Waals surface area contributed by atoms with Crippen LogP contribution in [0.3, 0.4) is 0 Å². The Morgan fingerprint density at radius 2 is 1.46 bits per heavy atom. The van der Waals surface area contributed by atoms with Gasteiger partial charge in [-0.15, -0.1) is 0 Å². The first-order valence-corrected chi connectivity index (χ1v) is 9.80. The molecule has 0 atom stereocenters. The van der Waals surface area contributed by atoms with Crippen LogP contribution in [-0.4, -0.2) is 17.1 Å². The van der Waals surface area contributed by atoms with Gasteiger partial charge in [0.1, 0.15) is 0 Å². The molecule has 1 aliphatic heterocycles. The smallest absolute Gasteiger partial charge is 0.0810 e. The number of allylic oxidation sites excluding steroid dienone is 2. The maximum Gasteiger partial charge on any atom is 0.0810 e. The fourth-order valence-corrected chi connectivity index (χ4v) is 3.26. The fraction of sp³-hybridized carbons (Fsp3) is 0.320. The van der Waals surface area contributed by atoms with E-state index in [-0.39, 0.29) is 5.41 Å². The van der Waals surface area contributed by atoms with E-state index in [1.165, 1.54) is 11.1 Å². The van der Waals surface area contributed by atoms with Crippen LogP contribution in [0, 0.1) is 6.92 Å². The highest BCUT2D eigenvalue weighted by Crippen LogP contribution is 2.31. The number of rotatable bonds is 4. The predicted molar refractivity (Wildman–Crippen MR) is 122 cm³/mol. The van der Waals surface area contributed by atoms with E-state index in [0.29, 0.717) is 0 Å². The molecule has 0 radical (unpaired) electrons. The van der Waals surface area contributed by atoms with Crippen molar-refractivity contribution in [2.75, 3.05) is 0 Å². The number of para-hydroxylation sites is 2. The van der Waals surface area contributed by atoms with Gasteiger partial charge in [0.05, 0.1) is 34.2 Å². The second-order valence-corrected chi connectivity index (χ2v) is 8.30. The molecule has 2 aromatic carbocycles. The number of hydrogen-bond acceptors (Lipinski definition) is 3. The number of hydrogen-bond donors (Lipinski definition) is 0. The number of nitrogens with zero attached hydrogens (tertiary/aromatic N) is 3. The standard InChI is InChI=1S/C25H29N3/c1-17-11-7-9-13-21(17)26-18(2)22-15-16-23(28-22)19(3)27-24-14-10-8-12-20(24)25(4,5)6/h7-15H,16H2,1-6H3. The topological polar surface area (TPSA) is 37.1 Å². The van der Waals surface area contributed by atoms with E-state index >= 15 is 0 Å². The van der Waals surface area contributed by atoms with Gasteiger partial charge in [0, 0.05) is 6.42 Å². The van der Waals surface area contributed by atoms with Crippen LogP contribution in [0.4, 0.5) is 11.4 Å². The molecule has 28 heavy (non-hydrogen) atoms. The summed E-state index contributed by atoms with van der Waals surface area (Å²) in [5.41, 5.74) is 8.34. The molecule has 3 heteroatoms. The molecule has 0 bridgehead atoms. The van der Waals surface area contributed by atoms with Gasteiger partial charge in [0.25, 0.3) is 0 Å². The van der Waals surface area contributed by atoms with Crippen molar-refractivity contribution in [1.82, 2.24) is 0 Å². The molecule has 0 saturated carbocycles. The molecule has 0 aromatic heterocycles. The normalized spacial score (nSPS) is 15.5. The Bertz CT molecular complexity index is 998. The molecular formula is C25H29N3. The monoisotopic (exact) mass is 371 g/mol. The van der Waals surface area contributed by atoms with Crippen LogP contribution in [0.15, 0.2) is 75.3 Å².